The fraction of sp³-hybridized carbons (Fsp3) is 0.500. The van der Waals surface area contributed by atoms with Crippen LogP contribution in [0.1, 0.15) is 17.5 Å². The predicted octanol–water partition coefficient (Wildman–Crippen LogP) is 1.85. The molecule has 0 aliphatic carbocycles. The van der Waals surface area contributed by atoms with Crippen molar-refractivity contribution in [3.05, 3.63) is 29.3 Å². The molecule has 1 fully saturated rings. The summed E-state index contributed by atoms with van der Waals surface area (Å²) in [5.41, 5.74) is 3.46. The molecule has 0 atom stereocenters. The van der Waals surface area contributed by atoms with E-state index in [1.54, 1.807) is 0 Å². The number of morpholine rings is 1. The molecule has 1 aliphatic heterocycles. The topological polar surface area (TPSA) is 49.8 Å². The van der Waals surface area contributed by atoms with Gasteiger partial charge < -0.3 is 14.7 Å². The highest BCUT2D eigenvalue weighted by atomic mass is 16.5. The van der Waals surface area contributed by atoms with Gasteiger partial charge in [0.2, 0.25) is 0 Å². The molecule has 4 nitrogen and oxygen atoms in total. The third-order valence-electron chi connectivity index (χ3n) is 3.19. The van der Waals surface area contributed by atoms with Crippen LogP contribution in [-0.2, 0) is 16.0 Å². The molecule has 1 heterocycles. The first kappa shape index (κ1) is 12.9. The van der Waals surface area contributed by atoms with E-state index in [0.29, 0.717) is 6.42 Å². The van der Waals surface area contributed by atoms with Crippen LogP contribution in [0.5, 0.6) is 0 Å². The van der Waals surface area contributed by atoms with Gasteiger partial charge in [0.1, 0.15) is 0 Å². The smallest absolute Gasteiger partial charge is 0.303 e. The Balaban J connectivity index is 2.18. The minimum absolute atomic E-state index is 0.181. The van der Waals surface area contributed by atoms with E-state index in [9.17, 15) is 4.79 Å². The van der Waals surface area contributed by atoms with Crippen LogP contribution in [0.15, 0.2) is 18.2 Å². The first-order valence-electron chi connectivity index (χ1n) is 6.31. The van der Waals surface area contributed by atoms with Gasteiger partial charge in [0.15, 0.2) is 0 Å². The molecule has 1 aromatic carbocycles. The Hall–Kier alpha value is -1.55. The van der Waals surface area contributed by atoms with E-state index in [-0.39, 0.29) is 6.42 Å². The number of carbonyl (C=O) groups is 1. The number of hydrogen-bond donors (Lipinski definition) is 1. The van der Waals surface area contributed by atoms with Crippen molar-refractivity contribution >= 4 is 11.7 Å². The van der Waals surface area contributed by atoms with Crippen molar-refractivity contribution in [1.29, 1.82) is 0 Å². The van der Waals surface area contributed by atoms with E-state index in [1.165, 1.54) is 5.56 Å². The number of ether oxygens (including phenoxy) is 1. The summed E-state index contributed by atoms with van der Waals surface area (Å²) in [5.74, 6) is -0.746. The Bertz CT molecular complexity index is 425. The first-order valence-corrected chi connectivity index (χ1v) is 6.31. The van der Waals surface area contributed by atoms with Crippen molar-refractivity contribution in [2.45, 2.75) is 19.8 Å². The molecular formula is C14H19NO3. The summed E-state index contributed by atoms with van der Waals surface area (Å²) in [6.07, 6.45) is 0.768. The second-order valence-corrected chi connectivity index (χ2v) is 4.63. The number of hydrogen-bond acceptors (Lipinski definition) is 3. The van der Waals surface area contributed by atoms with E-state index in [4.69, 9.17) is 9.84 Å². The Kier molecular flexibility index (Phi) is 4.20. The normalized spacial score (nSPS) is 15.7. The van der Waals surface area contributed by atoms with Crippen LogP contribution in [0.4, 0.5) is 5.69 Å². The molecule has 0 radical (unpaired) electrons. The average Bonchev–Trinajstić information content (AvgIpc) is 2.37. The third-order valence-corrected chi connectivity index (χ3v) is 3.19. The number of aliphatic carboxylic acids is 1. The number of rotatable bonds is 4. The molecule has 0 spiro atoms. The number of carboxylic acids is 1. The molecule has 0 saturated carbocycles. The lowest BCUT2D eigenvalue weighted by Crippen LogP contribution is -2.36. The van der Waals surface area contributed by atoms with Crippen LogP contribution in [0.3, 0.4) is 0 Å². The lowest BCUT2D eigenvalue weighted by atomic mass is 10.0. The first-order chi connectivity index (χ1) is 8.66. The number of carboxylic acid groups (broad SMARTS) is 1. The van der Waals surface area contributed by atoms with E-state index in [1.807, 2.05) is 6.92 Å². The Morgan fingerprint density at radius 1 is 1.39 bits per heavy atom. The van der Waals surface area contributed by atoms with E-state index in [0.717, 1.165) is 37.6 Å². The van der Waals surface area contributed by atoms with E-state index >= 15 is 0 Å². The highest BCUT2D eigenvalue weighted by Crippen LogP contribution is 2.24. The maximum atomic E-state index is 10.7. The number of benzene rings is 1. The molecule has 1 aromatic rings. The predicted molar refractivity (Wildman–Crippen MR) is 70.2 cm³/mol. The fourth-order valence-corrected chi connectivity index (χ4v) is 2.27. The molecule has 2 rings (SSSR count). The molecular weight excluding hydrogens is 230 g/mol. The summed E-state index contributed by atoms with van der Waals surface area (Å²) < 4.78 is 5.35. The highest BCUT2D eigenvalue weighted by Gasteiger charge is 2.15. The van der Waals surface area contributed by atoms with E-state index < -0.39 is 5.97 Å². The zero-order valence-corrected chi connectivity index (χ0v) is 10.7. The quantitative estimate of drug-likeness (QED) is 0.884. The molecule has 1 saturated heterocycles. The van der Waals surface area contributed by atoms with Crippen molar-refractivity contribution in [1.82, 2.24) is 0 Å². The van der Waals surface area contributed by atoms with Crippen molar-refractivity contribution < 1.29 is 14.6 Å². The van der Waals surface area contributed by atoms with Gasteiger partial charge in [-0.25, -0.2) is 0 Å². The SMILES string of the molecule is Cc1ccc(N2CCOCC2)c(CCC(=O)O)c1. The second-order valence-electron chi connectivity index (χ2n) is 4.63. The van der Waals surface area contributed by atoms with Crippen molar-refractivity contribution in [2.24, 2.45) is 0 Å². The minimum Gasteiger partial charge on any atom is -0.481 e. The molecule has 0 bridgehead atoms. The zero-order valence-electron chi connectivity index (χ0n) is 10.7. The van der Waals surface area contributed by atoms with Gasteiger partial charge in [0, 0.05) is 25.2 Å². The van der Waals surface area contributed by atoms with Crippen LogP contribution in [0, 0.1) is 6.92 Å². The highest BCUT2D eigenvalue weighted by molar-refractivity contribution is 5.68. The Morgan fingerprint density at radius 2 is 2.11 bits per heavy atom. The van der Waals surface area contributed by atoms with Crippen LogP contribution in [0.2, 0.25) is 0 Å². The van der Waals surface area contributed by atoms with Gasteiger partial charge in [-0.1, -0.05) is 17.7 Å². The largest absolute Gasteiger partial charge is 0.481 e. The van der Waals surface area contributed by atoms with Gasteiger partial charge in [-0.2, -0.15) is 0 Å². The van der Waals surface area contributed by atoms with Gasteiger partial charge in [-0.05, 0) is 25.0 Å². The van der Waals surface area contributed by atoms with Gasteiger partial charge in [0.25, 0.3) is 0 Å². The molecule has 98 valence electrons. The molecule has 18 heavy (non-hydrogen) atoms. The fourth-order valence-electron chi connectivity index (χ4n) is 2.27. The summed E-state index contributed by atoms with van der Waals surface area (Å²) >= 11 is 0. The molecule has 1 N–H and O–H groups in total. The van der Waals surface area contributed by atoms with Crippen LogP contribution >= 0.6 is 0 Å². The van der Waals surface area contributed by atoms with Crippen molar-refractivity contribution in [3.63, 3.8) is 0 Å². The zero-order chi connectivity index (χ0) is 13.0. The maximum Gasteiger partial charge on any atom is 0.303 e. The number of aryl methyl sites for hydroxylation is 2. The summed E-state index contributed by atoms with van der Waals surface area (Å²) in [7, 11) is 0. The summed E-state index contributed by atoms with van der Waals surface area (Å²) in [5, 5.41) is 8.81. The van der Waals surface area contributed by atoms with Gasteiger partial charge in [-0.15, -0.1) is 0 Å². The van der Waals surface area contributed by atoms with Gasteiger partial charge in [0.05, 0.1) is 13.2 Å². The number of nitrogens with zero attached hydrogens (tertiary/aromatic N) is 1. The molecule has 4 heteroatoms. The third kappa shape index (κ3) is 3.23. The van der Waals surface area contributed by atoms with Crippen molar-refractivity contribution in [2.75, 3.05) is 31.2 Å². The molecule has 0 aromatic heterocycles. The summed E-state index contributed by atoms with van der Waals surface area (Å²) in [6.45, 7) is 5.28. The van der Waals surface area contributed by atoms with E-state index in [2.05, 4.69) is 23.1 Å². The average molecular weight is 249 g/mol. The lowest BCUT2D eigenvalue weighted by molar-refractivity contribution is -0.136. The molecule has 0 amide bonds. The number of anilines is 1. The monoisotopic (exact) mass is 249 g/mol. The maximum absolute atomic E-state index is 10.7. The minimum atomic E-state index is -0.746. The van der Waals surface area contributed by atoms with Gasteiger partial charge in [-0.3, -0.25) is 4.79 Å². The standard InChI is InChI=1S/C14H19NO3/c1-11-2-4-13(15-6-8-18-9-7-15)12(10-11)3-5-14(16)17/h2,4,10H,3,5-9H2,1H3,(H,16,17). The molecule has 0 unspecified atom stereocenters. The van der Waals surface area contributed by atoms with Crippen molar-refractivity contribution in [3.8, 4) is 0 Å². The lowest BCUT2D eigenvalue weighted by Gasteiger charge is -2.30. The Labute approximate surface area is 107 Å². The van der Waals surface area contributed by atoms with Crippen LogP contribution < -0.4 is 4.90 Å². The van der Waals surface area contributed by atoms with Crippen LogP contribution in [-0.4, -0.2) is 37.4 Å². The summed E-state index contributed by atoms with van der Waals surface area (Å²) in [4.78, 5) is 13.0. The Morgan fingerprint density at radius 3 is 2.78 bits per heavy atom. The van der Waals surface area contributed by atoms with Gasteiger partial charge >= 0.3 is 5.97 Å². The van der Waals surface area contributed by atoms with Crippen LogP contribution in [0.25, 0.3) is 0 Å². The molecule has 1 aliphatic rings. The second kappa shape index (κ2) is 5.87. The summed E-state index contributed by atoms with van der Waals surface area (Å²) in [6, 6.07) is 6.26.